The number of fused-ring (bicyclic) bond motifs is 1. The van der Waals surface area contributed by atoms with Gasteiger partial charge in [-0.2, -0.15) is 0 Å². The lowest BCUT2D eigenvalue weighted by atomic mass is 10.0. The molecule has 0 atom stereocenters. The minimum atomic E-state index is 0.138. The Morgan fingerprint density at radius 2 is 1.95 bits per heavy atom. The van der Waals surface area contributed by atoms with Gasteiger partial charge in [-0.1, -0.05) is 36.4 Å². The normalized spacial score (nSPS) is 15.2. The second-order valence-corrected chi connectivity index (χ2v) is 4.94. The fraction of sp³-hybridized carbons (Fsp3) is 0.312. The van der Waals surface area contributed by atoms with Crippen molar-refractivity contribution in [3.8, 4) is 0 Å². The number of hydrogen-bond acceptors (Lipinski definition) is 2. The molecule has 2 aromatic rings. The first-order valence-corrected chi connectivity index (χ1v) is 6.81. The van der Waals surface area contributed by atoms with Crippen LogP contribution in [0.4, 0.5) is 5.69 Å². The van der Waals surface area contributed by atoms with E-state index in [2.05, 4.69) is 23.5 Å². The van der Waals surface area contributed by atoms with E-state index >= 15 is 0 Å². The van der Waals surface area contributed by atoms with Crippen LogP contribution in [-0.2, 0) is 4.79 Å². The summed E-state index contributed by atoms with van der Waals surface area (Å²) < 4.78 is 0. The first kappa shape index (κ1) is 12.2. The van der Waals surface area contributed by atoms with Crippen LogP contribution in [0.3, 0.4) is 0 Å². The summed E-state index contributed by atoms with van der Waals surface area (Å²) in [7, 11) is 0. The van der Waals surface area contributed by atoms with Crippen molar-refractivity contribution in [2.24, 2.45) is 5.92 Å². The average molecular weight is 254 g/mol. The molecule has 1 amide bonds. The third kappa shape index (κ3) is 2.10. The molecule has 0 bridgehead atoms. The number of hydrogen-bond donors (Lipinski definition) is 1. The minimum Gasteiger partial charge on any atom is -0.315 e. The van der Waals surface area contributed by atoms with Gasteiger partial charge < -0.3 is 10.2 Å². The molecule has 0 radical (unpaired) electrons. The average Bonchev–Trinajstić information content (AvgIpc) is 2.38. The van der Waals surface area contributed by atoms with Crippen LogP contribution in [0.5, 0.6) is 0 Å². The lowest BCUT2D eigenvalue weighted by Crippen LogP contribution is -2.52. The highest BCUT2D eigenvalue weighted by atomic mass is 16.2. The van der Waals surface area contributed by atoms with Gasteiger partial charge in [-0.15, -0.1) is 0 Å². The van der Waals surface area contributed by atoms with Crippen LogP contribution in [-0.4, -0.2) is 25.5 Å². The van der Waals surface area contributed by atoms with Crippen molar-refractivity contribution < 1.29 is 4.79 Å². The monoisotopic (exact) mass is 254 g/mol. The second kappa shape index (κ2) is 5.02. The molecule has 1 saturated heterocycles. The Kier molecular flexibility index (Phi) is 3.22. The molecule has 0 aromatic heterocycles. The summed E-state index contributed by atoms with van der Waals surface area (Å²) in [4.78, 5) is 14.4. The van der Waals surface area contributed by atoms with Gasteiger partial charge in [0.05, 0.1) is 11.6 Å². The molecule has 1 N–H and O–H groups in total. The predicted molar refractivity (Wildman–Crippen MR) is 78.3 cm³/mol. The molecular formula is C16H18N2O. The molecule has 3 heteroatoms. The minimum absolute atomic E-state index is 0.138. The lowest BCUT2D eigenvalue weighted by molar-refractivity contribution is -0.123. The molecule has 0 unspecified atom stereocenters. The van der Waals surface area contributed by atoms with Gasteiger partial charge in [-0.25, -0.2) is 0 Å². The maximum atomic E-state index is 12.5. The molecule has 3 rings (SSSR count). The van der Waals surface area contributed by atoms with Crippen LogP contribution >= 0.6 is 0 Å². The van der Waals surface area contributed by atoms with Gasteiger partial charge in [0, 0.05) is 25.0 Å². The largest absolute Gasteiger partial charge is 0.315 e. The van der Waals surface area contributed by atoms with Crippen LogP contribution in [0.2, 0.25) is 0 Å². The highest BCUT2D eigenvalue weighted by molar-refractivity contribution is 6.04. The van der Waals surface area contributed by atoms with E-state index in [0.29, 0.717) is 6.54 Å². The highest BCUT2D eigenvalue weighted by Gasteiger charge is 2.29. The Labute approximate surface area is 113 Å². The number of carbonyl (C=O) groups is 1. The molecule has 1 fully saturated rings. The number of amides is 1. The molecular weight excluding hydrogens is 236 g/mol. The molecule has 2 aromatic carbocycles. The maximum Gasteiger partial charge on any atom is 0.232 e. The summed E-state index contributed by atoms with van der Waals surface area (Å²) in [6, 6.07) is 14.4. The summed E-state index contributed by atoms with van der Waals surface area (Å²) in [6.07, 6.45) is 0. The molecule has 0 aliphatic carbocycles. The Bertz CT molecular complexity index is 599. The first-order valence-electron chi connectivity index (χ1n) is 6.81. The van der Waals surface area contributed by atoms with Crippen molar-refractivity contribution in [3.63, 3.8) is 0 Å². The molecule has 98 valence electrons. The zero-order chi connectivity index (χ0) is 13.2. The van der Waals surface area contributed by atoms with E-state index in [1.54, 1.807) is 0 Å². The van der Waals surface area contributed by atoms with E-state index in [4.69, 9.17) is 0 Å². The van der Waals surface area contributed by atoms with E-state index in [1.807, 2.05) is 36.1 Å². The van der Waals surface area contributed by atoms with Gasteiger partial charge in [0.15, 0.2) is 0 Å². The summed E-state index contributed by atoms with van der Waals surface area (Å²) >= 11 is 0. The summed E-state index contributed by atoms with van der Waals surface area (Å²) in [6.45, 7) is 4.36. The van der Waals surface area contributed by atoms with E-state index in [0.717, 1.165) is 24.2 Å². The van der Waals surface area contributed by atoms with Gasteiger partial charge in [-0.05, 0) is 18.4 Å². The third-order valence-electron chi connectivity index (χ3n) is 3.77. The zero-order valence-corrected chi connectivity index (χ0v) is 11.1. The van der Waals surface area contributed by atoms with Crippen LogP contribution < -0.4 is 10.2 Å². The van der Waals surface area contributed by atoms with Crippen LogP contribution in [0.1, 0.15) is 6.92 Å². The number of nitrogens with zero attached hydrogens (tertiary/aromatic N) is 1. The molecule has 1 aliphatic heterocycles. The van der Waals surface area contributed by atoms with Gasteiger partial charge in [0.25, 0.3) is 0 Å². The number of benzene rings is 2. The number of anilines is 1. The van der Waals surface area contributed by atoms with Gasteiger partial charge in [-0.3, -0.25) is 4.79 Å². The van der Waals surface area contributed by atoms with Gasteiger partial charge >= 0.3 is 0 Å². The SMILES string of the molecule is CCN(C(=O)C1CNC1)c1cccc2ccccc12. The number of nitrogens with one attached hydrogen (secondary N) is 1. The van der Waals surface area contributed by atoms with Crippen molar-refractivity contribution in [2.45, 2.75) is 6.92 Å². The topological polar surface area (TPSA) is 32.3 Å². The Morgan fingerprint density at radius 3 is 2.63 bits per heavy atom. The Morgan fingerprint density at radius 1 is 1.21 bits per heavy atom. The predicted octanol–water partition coefficient (Wildman–Crippen LogP) is 2.41. The van der Waals surface area contributed by atoms with E-state index < -0.39 is 0 Å². The van der Waals surface area contributed by atoms with Crippen LogP contribution in [0.15, 0.2) is 42.5 Å². The van der Waals surface area contributed by atoms with Gasteiger partial charge in [0.1, 0.15) is 0 Å². The second-order valence-electron chi connectivity index (χ2n) is 4.94. The number of rotatable bonds is 3. The van der Waals surface area contributed by atoms with Crippen molar-refractivity contribution in [1.82, 2.24) is 5.32 Å². The van der Waals surface area contributed by atoms with Crippen molar-refractivity contribution in [2.75, 3.05) is 24.5 Å². The molecule has 19 heavy (non-hydrogen) atoms. The van der Waals surface area contributed by atoms with E-state index in [-0.39, 0.29) is 11.8 Å². The van der Waals surface area contributed by atoms with Crippen molar-refractivity contribution in [1.29, 1.82) is 0 Å². The maximum absolute atomic E-state index is 12.5. The van der Waals surface area contributed by atoms with Crippen molar-refractivity contribution in [3.05, 3.63) is 42.5 Å². The molecule has 1 heterocycles. The van der Waals surface area contributed by atoms with Crippen LogP contribution in [0.25, 0.3) is 10.8 Å². The Hall–Kier alpha value is -1.87. The summed E-state index contributed by atoms with van der Waals surface area (Å²) in [5.41, 5.74) is 1.03. The smallest absolute Gasteiger partial charge is 0.232 e. The first-order chi connectivity index (χ1) is 9.31. The fourth-order valence-corrected chi connectivity index (χ4v) is 2.57. The zero-order valence-electron chi connectivity index (χ0n) is 11.1. The molecule has 0 spiro atoms. The lowest BCUT2D eigenvalue weighted by Gasteiger charge is -2.32. The summed E-state index contributed by atoms with van der Waals surface area (Å²) in [5.74, 6) is 0.372. The summed E-state index contributed by atoms with van der Waals surface area (Å²) in [5, 5.41) is 5.49. The fourth-order valence-electron chi connectivity index (χ4n) is 2.57. The molecule has 3 nitrogen and oxygen atoms in total. The van der Waals surface area contributed by atoms with Gasteiger partial charge in [0.2, 0.25) is 5.91 Å². The highest BCUT2D eigenvalue weighted by Crippen LogP contribution is 2.28. The standard InChI is InChI=1S/C16H18N2O/c1-2-18(16(19)13-10-17-11-13)15-9-5-7-12-6-3-4-8-14(12)15/h3-9,13,17H,2,10-11H2,1H3. The van der Waals surface area contributed by atoms with E-state index in [9.17, 15) is 4.79 Å². The third-order valence-corrected chi connectivity index (χ3v) is 3.77. The quantitative estimate of drug-likeness (QED) is 0.912. The van der Waals surface area contributed by atoms with Crippen molar-refractivity contribution >= 4 is 22.4 Å². The molecule has 0 saturated carbocycles. The number of carbonyl (C=O) groups excluding carboxylic acids is 1. The Balaban J connectivity index is 2.03. The van der Waals surface area contributed by atoms with Crippen LogP contribution in [0, 0.1) is 5.92 Å². The van der Waals surface area contributed by atoms with E-state index in [1.165, 1.54) is 5.39 Å². The molecule has 1 aliphatic rings.